The fraction of sp³-hybridized carbons (Fsp3) is 0.269. The van der Waals surface area contributed by atoms with Gasteiger partial charge in [0, 0.05) is 12.0 Å². The predicted molar refractivity (Wildman–Crippen MR) is 128 cm³/mol. The Morgan fingerprint density at radius 1 is 0.939 bits per heavy atom. The van der Waals surface area contributed by atoms with Gasteiger partial charge in [-0.25, -0.2) is 12.8 Å². The maximum absolute atomic E-state index is 14.6. The Labute approximate surface area is 194 Å². The number of nitrogens with one attached hydrogen (secondary N) is 1. The molecule has 3 aromatic carbocycles. The van der Waals surface area contributed by atoms with Crippen LogP contribution in [0.25, 0.3) is 11.1 Å². The number of sulfonamides is 1. The largest absolute Gasteiger partial charge is 0.481 e. The Kier molecular flexibility index (Phi) is 8.22. The van der Waals surface area contributed by atoms with Crippen molar-refractivity contribution in [2.45, 2.75) is 50.3 Å². The molecule has 0 saturated carbocycles. The van der Waals surface area contributed by atoms with E-state index in [1.165, 1.54) is 18.2 Å². The zero-order chi connectivity index (χ0) is 23.8. The molecule has 0 spiro atoms. The first-order valence-corrected chi connectivity index (χ1v) is 12.4. The highest BCUT2D eigenvalue weighted by Crippen LogP contribution is 2.30. The van der Waals surface area contributed by atoms with Crippen LogP contribution in [0.1, 0.15) is 43.2 Å². The summed E-state index contributed by atoms with van der Waals surface area (Å²) < 4.78 is 43.3. The number of halogens is 1. The third-order valence-electron chi connectivity index (χ3n) is 5.46. The summed E-state index contributed by atoms with van der Waals surface area (Å²) in [4.78, 5) is 10.7. The summed E-state index contributed by atoms with van der Waals surface area (Å²) in [6.45, 7) is 1.66. The molecule has 0 fully saturated rings. The number of anilines is 1. The van der Waals surface area contributed by atoms with Crippen molar-refractivity contribution in [1.82, 2.24) is 0 Å². The van der Waals surface area contributed by atoms with Crippen molar-refractivity contribution in [3.63, 3.8) is 0 Å². The van der Waals surface area contributed by atoms with Crippen molar-refractivity contribution in [2.24, 2.45) is 0 Å². The Morgan fingerprint density at radius 3 is 2.39 bits per heavy atom. The van der Waals surface area contributed by atoms with Crippen LogP contribution < -0.4 is 4.72 Å². The van der Waals surface area contributed by atoms with E-state index in [4.69, 9.17) is 5.11 Å². The second-order valence-electron chi connectivity index (χ2n) is 8.07. The van der Waals surface area contributed by atoms with Gasteiger partial charge in [-0.05, 0) is 67.1 Å². The van der Waals surface area contributed by atoms with Gasteiger partial charge in [-0.15, -0.1) is 0 Å². The minimum Gasteiger partial charge on any atom is -0.481 e. The lowest BCUT2D eigenvalue weighted by molar-refractivity contribution is -0.137. The molecule has 33 heavy (non-hydrogen) atoms. The molecule has 0 unspecified atom stereocenters. The minimum absolute atomic E-state index is 0.149. The molecule has 2 N–H and O–H groups in total. The van der Waals surface area contributed by atoms with Gasteiger partial charge in [-0.2, -0.15) is 0 Å². The number of carboxylic acid groups (broad SMARTS) is 1. The molecule has 0 aliphatic carbocycles. The highest BCUT2D eigenvalue weighted by molar-refractivity contribution is 7.92. The number of unbranched alkanes of at least 4 members (excludes halogenated alkanes) is 3. The van der Waals surface area contributed by atoms with Crippen LogP contribution in [0.15, 0.2) is 71.6 Å². The van der Waals surface area contributed by atoms with Gasteiger partial charge in [-0.3, -0.25) is 9.52 Å². The first-order chi connectivity index (χ1) is 15.8. The summed E-state index contributed by atoms with van der Waals surface area (Å²) in [5, 5.41) is 8.68. The van der Waals surface area contributed by atoms with E-state index >= 15 is 0 Å². The maximum Gasteiger partial charge on any atom is 0.303 e. The average molecular weight is 470 g/mol. The van der Waals surface area contributed by atoms with Crippen molar-refractivity contribution < 1.29 is 22.7 Å². The summed E-state index contributed by atoms with van der Waals surface area (Å²) >= 11 is 0. The first-order valence-electron chi connectivity index (χ1n) is 11.0. The molecule has 7 heteroatoms. The lowest BCUT2D eigenvalue weighted by Gasteiger charge is -2.14. The second kappa shape index (κ2) is 11.1. The lowest BCUT2D eigenvalue weighted by Crippen LogP contribution is -2.14. The zero-order valence-corrected chi connectivity index (χ0v) is 19.4. The van der Waals surface area contributed by atoms with Gasteiger partial charge in [0.2, 0.25) is 0 Å². The van der Waals surface area contributed by atoms with E-state index in [0.29, 0.717) is 35.2 Å². The van der Waals surface area contributed by atoms with E-state index in [1.54, 1.807) is 43.3 Å². The molecule has 0 atom stereocenters. The van der Waals surface area contributed by atoms with E-state index in [2.05, 4.69) is 4.72 Å². The molecule has 0 heterocycles. The van der Waals surface area contributed by atoms with E-state index in [-0.39, 0.29) is 11.3 Å². The molecule has 0 radical (unpaired) electrons. The molecular formula is C26H28FNO4S. The van der Waals surface area contributed by atoms with Gasteiger partial charge < -0.3 is 5.11 Å². The van der Waals surface area contributed by atoms with Gasteiger partial charge in [-0.1, -0.05) is 55.3 Å². The molecule has 3 aromatic rings. The topological polar surface area (TPSA) is 83.5 Å². The summed E-state index contributed by atoms with van der Waals surface area (Å²) in [7, 11) is -3.86. The number of aliphatic carboxylic acids is 1. The van der Waals surface area contributed by atoms with Gasteiger partial charge in [0.1, 0.15) is 5.82 Å². The number of benzene rings is 3. The fourth-order valence-corrected chi connectivity index (χ4v) is 4.84. The molecule has 174 valence electrons. The van der Waals surface area contributed by atoms with E-state index in [0.717, 1.165) is 24.8 Å². The molecule has 0 aliphatic rings. The SMILES string of the molecule is Cc1cc(F)c(-c2ccccc2)cc1NS(=O)(=O)c1cccc(CCCCCCC(=O)O)c1. The van der Waals surface area contributed by atoms with Crippen LogP contribution in [0.3, 0.4) is 0 Å². The van der Waals surface area contributed by atoms with E-state index < -0.39 is 21.8 Å². The quantitative estimate of drug-likeness (QED) is 0.329. The Morgan fingerprint density at radius 2 is 1.67 bits per heavy atom. The number of hydrogen-bond donors (Lipinski definition) is 2. The third kappa shape index (κ3) is 6.89. The number of rotatable bonds is 11. The number of carboxylic acids is 1. The molecule has 0 saturated heterocycles. The van der Waals surface area contributed by atoms with Crippen LogP contribution in [-0.4, -0.2) is 19.5 Å². The van der Waals surface area contributed by atoms with E-state index in [9.17, 15) is 17.6 Å². The van der Waals surface area contributed by atoms with Crippen molar-refractivity contribution in [3.05, 3.63) is 83.7 Å². The Hall–Kier alpha value is -3.19. The first kappa shape index (κ1) is 24.5. The van der Waals surface area contributed by atoms with Gasteiger partial charge in [0.15, 0.2) is 0 Å². The molecular weight excluding hydrogens is 441 g/mol. The van der Waals surface area contributed by atoms with E-state index in [1.807, 2.05) is 12.1 Å². The van der Waals surface area contributed by atoms with Crippen molar-refractivity contribution in [1.29, 1.82) is 0 Å². The van der Waals surface area contributed by atoms with Gasteiger partial charge in [0.05, 0.1) is 10.6 Å². The molecule has 0 amide bonds. The maximum atomic E-state index is 14.6. The highest BCUT2D eigenvalue weighted by Gasteiger charge is 2.18. The van der Waals surface area contributed by atoms with Crippen molar-refractivity contribution in [3.8, 4) is 11.1 Å². The van der Waals surface area contributed by atoms with Gasteiger partial charge in [0.25, 0.3) is 10.0 Å². The summed E-state index contributed by atoms with van der Waals surface area (Å²) in [5.74, 6) is -1.19. The predicted octanol–water partition coefficient (Wildman–Crippen LogP) is 6.18. The van der Waals surface area contributed by atoms with Crippen LogP contribution >= 0.6 is 0 Å². The number of aryl methyl sites for hydroxylation is 2. The van der Waals surface area contributed by atoms with Crippen LogP contribution in [0.5, 0.6) is 0 Å². The van der Waals surface area contributed by atoms with Crippen LogP contribution in [0.4, 0.5) is 10.1 Å². The summed E-state index contributed by atoms with van der Waals surface area (Å²) in [5.41, 5.74) is 2.72. The minimum atomic E-state index is -3.86. The molecule has 0 aromatic heterocycles. The summed E-state index contributed by atoms with van der Waals surface area (Å²) in [6.07, 6.45) is 4.11. The molecule has 0 aliphatic heterocycles. The number of carbonyl (C=O) groups is 1. The third-order valence-corrected chi connectivity index (χ3v) is 6.82. The second-order valence-corrected chi connectivity index (χ2v) is 9.76. The molecule has 0 bridgehead atoms. The van der Waals surface area contributed by atoms with Crippen LogP contribution in [0, 0.1) is 12.7 Å². The fourth-order valence-electron chi connectivity index (χ4n) is 3.65. The monoisotopic (exact) mass is 469 g/mol. The zero-order valence-electron chi connectivity index (χ0n) is 18.6. The normalized spacial score (nSPS) is 11.3. The van der Waals surface area contributed by atoms with Gasteiger partial charge >= 0.3 is 5.97 Å². The average Bonchev–Trinajstić information content (AvgIpc) is 2.78. The Balaban J connectivity index is 1.72. The molecule has 3 rings (SSSR count). The smallest absolute Gasteiger partial charge is 0.303 e. The van der Waals surface area contributed by atoms with Crippen LogP contribution in [0.2, 0.25) is 0 Å². The summed E-state index contributed by atoms with van der Waals surface area (Å²) in [6, 6.07) is 18.6. The van der Waals surface area contributed by atoms with Crippen LogP contribution in [-0.2, 0) is 21.2 Å². The van der Waals surface area contributed by atoms with Crippen molar-refractivity contribution >= 4 is 21.7 Å². The standard InChI is InChI=1S/C26H28FNO4S/c1-19-16-24(27)23(21-12-6-4-7-13-21)18-25(19)28-33(31,32)22-14-9-11-20(17-22)10-5-2-3-8-15-26(29)30/h4,6-7,9,11-14,16-18,28H,2-3,5,8,10,15H2,1H3,(H,29,30). The molecule has 5 nitrogen and oxygen atoms in total. The highest BCUT2D eigenvalue weighted by atomic mass is 32.2. The number of hydrogen-bond acceptors (Lipinski definition) is 3. The Bertz CT molecular complexity index is 1210. The van der Waals surface area contributed by atoms with Crippen molar-refractivity contribution in [2.75, 3.05) is 4.72 Å². The lowest BCUT2D eigenvalue weighted by atomic mass is 10.0.